The first-order chi connectivity index (χ1) is 33.0. The minimum atomic E-state index is -0.783. The maximum absolute atomic E-state index is 12.8. The number of carbonyl (C=O) groups excluding carboxylic acids is 3. The van der Waals surface area contributed by atoms with Crippen LogP contribution in [-0.4, -0.2) is 37.2 Å². The molecule has 0 aromatic rings. The van der Waals surface area contributed by atoms with E-state index in [1.54, 1.807) is 0 Å². The Morgan fingerprint density at radius 3 is 0.910 bits per heavy atom. The van der Waals surface area contributed by atoms with E-state index >= 15 is 0 Å². The fourth-order valence-electron chi connectivity index (χ4n) is 8.00. The van der Waals surface area contributed by atoms with Gasteiger partial charge in [0, 0.05) is 19.3 Å². The molecule has 0 aliphatic rings. The molecule has 1 unspecified atom stereocenters. The van der Waals surface area contributed by atoms with Gasteiger partial charge in [0.1, 0.15) is 13.2 Å². The van der Waals surface area contributed by atoms with Gasteiger partial charge in [0.25, 0.3) is 0 Å². The van der Waals surface area contributed by atoms with Gasteiger partial charge in [-0.2, -0.15) is 0 Å². The van der Waals surface area contributed by atoms with Gasteiger partial charge >= 0.3 is 17.9 Å². The predicted molar refractivity (Wildman–Crippen MR) is 288 cm³/mol. The molecule has 0 aliphatic heterocycles. The predicted octanol–water partition coefficient (Wildman–Crippen LogP) is 19.0. The van der Waals surface area contributed by atoms with Gasteiger partial charge in [0.05, 0.1) is 0 Å². The van der Waals surface area contributed by atoms with Crippen molar-refractivity contribution in [1.29, 1.82) is 0 Å². The first-order valence-corrected chi connectivity index (χ1v) is 28.4. The molecule has 0 bridgehead atoms. The minimum Gasteiger partial charge on any atom is -0.462 e. The smallest absolute Gasteiger partial charge is 0.306 e. The number of esters is 3. The van der Waals surface area contributed by atoms with Crippen LogP contribution in [0.2, 0.25) is 0 Å². The molecule has 0 rings (SSSR count). The zero-order valence-corrected chi connectivity index (χ0v) is 44.2. The Morgan fingerprint density at radius 1 is 0.313 bits per heavy atom. The highest BCUT2D eigenvalue weighted by Gasteiger charge is 2.19. The van der Waals surface area contributed by atoms with Crippen molar-refractivity contribution in [1.82, 2.24) is 0 Å². The third kappa shape index (κ3) is 53.7. The Hall–Kier alpha value is -3.15. The molecule has 0 amide bonds. The van der Waals surface area contributed by atoms with Gasteiger partial charge in [-0.15, -0.1) is 0 Å². The quantitative estimate of drug-likeness (QED) is 0.0262. The molecule has 0 radical (unpaired) electrons. The van der Waals surface area contributed by atoms with Crippen molar-refractivity contribution in [2.45, 2.75) is 284 Å². The zero-order valence-electron chi connectivity index (χ0n) is 44.2. The maximum Gasteiger partial charge on any atom is 0.306 e. The van der Waals surface area contributed by atoms with Crippen LogP contribution in [0.4, 0.5) is 0 Å². The van der Waals surface area contributed by atoms with Gasteiger partial charge in [0.15, 0.2) is 6.10 Å². The van der Waals surface area contributed by atoms with E-state index in [1.807, 2.05) is 0 Å². The van der Waals surface area contributed by atoms with E-state index in [0.29, 0.717) is 19.3 Å². The van der Waals surface area contributed by atoms with Crippen molar-refractivity contribution >= 4 is 17.9 Å². The molecule has 0 saturated carbocycles. The van der Waals surface area contributed by atoms with Crippen LogP contribution in [0.15, 0.2) is 72.9 Å². The van der Waals surface area contributed by atoms with Crippen molar-refractivity contribution in [3.05, 3.63) is 72.9 Å². The molecular formula is C61H106O6. The van der Waals surface area contributed by atoms with E-state index in [0.717, 1.165) is 109 Å². The SMILES string of the molecule is CC/C=C\C/C=C\C/C=C\CCCCCCCCCCCC(=O)OCC(COC(=O)CCCCCCCCCCCCCCCC)OC(=O)CCCCCCCC/C=C\C/C=C\C/C=C\CC. The van der Waals surface area contributed by atoms with Crippen LogP contribution in [0, 0.1) is 0 Å². The zero-order chi connectivity index (χ0) is 48.6. The molecular weight excluding hydrogens is 829 g/mol. The fraction of sp³-hybridized carbons (Fsp3) is 0.754. The summed E-state index contributed by atoms with van der Waals surface area (Å²) in [6, 6.07) is 0. The molecule has 0 spiro atoms. The van der Waals surface area contributed by atoms with Crippen molar-refractivity contribution < 1.29 is 28.6 Å². The van der Waals surface area contributed by atoms with Crippen LogP contribution in [0.3, 0.4) is 0 Å². The van der Waals surface area contributed by atoms with Crippen molar-refractivity contribution in [3.8, 4) is 0 Å². The Labute approximate surface area is 414 Å². The van der Waals surface area contributed by atoms with Gasteiger partial charge in [0.2, 0.25) is 0 Å². The Bertz CT molecular complexity index is 1260. The van der Waals surface area contributed by atoms with E-state index in [2.05, 4.69) is 93.7 Å². The number of rotatable bonds is 51. The van der Waals surface area contributed by atoms with Crippen LogP contribution < -0.4 is 0 Å². The van der Waals surface area contributed by atoms with Crippen molar-refractivity contribution in [2.24, 2.45) is 0 Å². The molecule has 0 saturated heterocycles. The standard InChI is InChI=1S/C61H106O6/c1-4-7-10-13-16-19-22-25-28-30-31-32-34-36-39-42-45-48-51-54-60(63)66-57-58(56-65-59(62)53-50-47-44-41-38-35-27-24-21-18-15-12-9-6-3)67-61(64)55-52-49-46-43-40-37-33-29-26-23-20-17-14-11-8-5-2/h7-8,10-11,16-17,19-20,25-26,28-29,58H,4-6,9,12-15,18,21-24,27,30-57H2,1-3H3/b10-7-,11-8-,19-16-,20-17-,28-25-,29-26-. The first kappa shape index (κ1) is 63.8. The molecule has 6 heteroatoms. The minimum absolute atomic E-state index is 0.0801. The van der Waals surface area contributed by atoms with Crippen LogP contribution >= 0.6 is 0 Å². The van der Waals surface area contributed by atoms with E-state index < -0.39 is 6.10 Å². The second kappa shape index (κ2) is 55.4. The number of carbonyl (C=O) groups is 3. The molecule has 0 N–H and O–H groups in total. The highest BCUT2D eigenvalue weighted by Crippen LogP contribution is 2.16. The average molecular weight is 936 g/mol. The Balaban J connectivity index is 4.38. The van der Waals surface area contributed by atoms with Crippen LogP contribution in [0.1, 0.15) is 278 Å². The topological polar surface area (TPSA) is 78.9 Å². The Kier molecular flexibility index (Phi) is 52.8. The summed E-state index contributed by atoms with van der Waals surface area (Å²) in [5.41, 5.74) is 0. The molecule has 6 nitrogen and oxygen atoms in total. The summed E-state index contributed by atoms with van der Waals surface area (Å²) in [7, 11) is 0. The van der Waals surface area contributed by atoms with Gasteiger partial charge < -0.3 is 14.2 Å². The summed E-state index contributed by atoms with van der Waals surface area (Å²) in [4.78, 5) is 38.1. The molecule has 386 valence electrons. The molecule has 1 atom stereocenters. The van der Waals surface area contributed by atoms with Gasteiger partial charge in [-0.3, -0.25) is 14.4 Å². The number of hydrogen-bond donors (Lipinski definition) is 0. The highest BCUT2D eigenvalue weighted by molar-refractivity contribution is 5.71. The largest absolute Gasteiger partial charge is 0.462 e. The van der Waals surface area contributed by atoms with E-state index in [4.69, 9.17) is 14.2 Å². The Morgan fingerprint density at radius 2 is 0.582 bits per heavy atom. The molecule has 0 aromatic carbocycles. The lowest BCUT2D eigenvalue weighted by Gasteiger charge is -2.18. The third-order valence-corrected chi connectivity index (χ3v) is 12.2. The van der Waals surface area contributed by atoms with Gasteiger partial charge in [-0.1, -0.05) is 248 Å². The molecule has 0 aliphatic carbocycles. The van der Waals surface area contributed by atoms with Crippen LogP contribution in [0.5, 0.6) is 0 Å². The number of hydrogen-bond acceptors (Lipinski definition) is 6. The summed E-state index contributed by atoms with van der Waals surface area (Å²) in [5, 5.41) is 0. The summed E-state index contributed by atoms with van der Waals surface area (Å²) in [6.45, 7) is 6.43. The maximum atomic E-state index is 12.8. The molecule has 0 aromatic heterocycles. The van der Waals surface area contributed by atoms with E-state index in [-0.39, 0.29) is 31.1 Å². The van der Waals surface area contributed by atoms with Crippen LogP contribution in [0.25, 0.3) is 0 Å². The molecule has 0 fully saturated rings. The first-order valence-electron chi connectivity index (χ1n) is 28.4. The normalized spacial score (nSPS) is 12.6. The van der Waals surface area contributed by atoms with E-state index in [1.165, 1.54) is 128 Å². The van der Waals surface area contributed by atoms with E-state index in [9.17, 15) is 14.4 Å². The lowest BCUT2D eigenvalue weighted by atomic mass is 10.0. The van der Waals surface area contributed by atoms with Gasteiger partial charge in [-0.25, -0.2) is 0 Å². The van der Waals surface area contributed by atoms with Crippen LogP contribution in [-0.2, 0) is 28.6 Å². The average Bonchev–Trinajstić information content (AvgIpc) is 3.33. The van der Waals surface area contributed by atoms with Gasteiger partial charge in [-0.05, 0) is 83.5 Å². The lowest BCUT2D eigenvalue weighted by Crippen LogP contribution is -2.30. The summed E-state index contributed by atoms with van der Waals surface area (Å²) < 4.78 is 16.9. The second-order valence-electron chi connectivity index (χ2n) is 18.8. The van der Waals surface area contributed by atoms with Crippen molar-refractivity contribution in [2.75, 3.05) is 13.2 Å². The number of unbranched alkanes of at least 4 members (excludes halogenated alkanes) is 28. The number of ether oxygens (including phenoxy) is 3. The third-order valence-electron chi connectivity index (χ3n) is 12.2. The summed E-state index contributed by atoms with van der Waals surface area (Å²) >= 11 is 0. The summed E-state index contributed by atoms with van der Waals surface area (Å²) in [5.74, 6) is -0.889. The summed E-state index contributed by atoms with van der Waals surface area (Å²) in [6.07, 6.45) is 70.3. The number of allylic oxidation sites excluding steroid dienone is 12. The fourth-order valence-corrected chi connectivity index (χ4v) is 8.00. The monoisotopic (exact) mass is 935 g/mol. The molecule has 67 heavy (non-hydrogen) atoms. The highest BCUT2D eigenvalue weighted by atomic mass is 16.6. The lowest BCUT2D eigenvalue weighted by molar-refractivity contribution is -0.167. The second-order valence-corrected chi connectivity index (χ2v) is 18.8. The van der Waals surface area contributed by atoms with Crippen molar-refractivity contribution in [3.63, 3.8) is 0 Å². The molecule has 0 heterocycles.